The van der Waals surface area contributed by atoms with Crippen LogP contribution >= 0.6 is 0 Å². The molecule has 0 saturated carbocycles. The summed E-state index contributed by atoms with van der Waals surface area (Å²) in [5, 5.41) is 3.53. The van der Waals surface area contributed by atoms with Crippen LogP contribution in [0.4, 0.5) is 0 Å². The molecule has 2 aromatic heterocycles. The Kier molecular flexibility index (Phi) is 6.21. The zero-order valence-electron chi connectivity index (χ0n) is 19.8. The summed E-state index contributed by atoms with van der Waals surface area (Å²) >= 11 is 0. The lowest BCUT2D eigenvalue weighted by atomic mass is 10.0. The number of aromatic nitrogens is 2. The van der Waals surface area contributed by atoms with Gasteiger partial charge in [-0.1, -0.05) is 26.0 Å². The van der Waals surface area contributed by atoms with Crippen LogP contribution in [-0.4, -0.2) is 44.2 Å². The molecule has 1 aromatic carbocycles. The van der Waals surface area contributed by atoms with E-state index < -0.39 is 41.0 Å². The van der Waals surface area contributed by atoms with Crippen molar-refractivity contribution in [3.05, 3.63) is 75.2 Å². The number of imide groups is 1. The summed E-state index contributed by atoms with van der Waals surface area (Å²) in [6, 6.07) is 8.44. The van der Waals surface area contributed by atoms with Crippen molar-refractivity contribution in [2.75, 3.05) is 0 Å². The normalized spacial score (nSPS) is 13.8. The summed E-state index contributed by atoms with van der Waals surface area (Å²) in [4.78, 5) is 68.8. The zero-order valence-corrected chi connectivity index (χ0v) is 19.8. The number of pyridine rings is 2. The highest BCUT2D eigenvalue weighted by Crippen LogP contribution is 2.21. The Bertz CT molecular complexity index is 1410. The fourth-order valence-corrected chi connectivity index (χ4v) is 3.99. The van der Waals surface area contributed by atoms with Gasteiger partial charge in [-0.25, -0.2) is 4.98 Å². The maximum atomic E-state index is 13.1. The van der Waals surface area contributed by atoms with Gasteiger partial charge in [0.25, 0.3) is 23.6 Å². The highest BCUT2D eigenvalue weighted by atomic mass is 16.2. The van der Waals surface area contributed by atoms with Crippen molar-refractivity contribution in [1.82, 2.24) is 25.3 Å². The maximum Gasteiger partial charge on any atom is 0.280 e. The largest absolute Gasteiger partial charge is 0.340 e. The third-order valence-electron chi connectivity index (χ3n) is 5.90. The number of amides is 4. The molecule has 3 aromatic rings. The summed E-state index contributed by atoms with van der Waals surface area (Å²) < 4.78 is 1.70. The Morgan fingerprint density at radius 1 is 1.00 bits per heavy atom. The molecule has 10 nitrogen and oxygen atoms in total. The Balaban J connectivity index is 1.60. The monoisotopic (exact) mass is 475 g/mol. The van der Waals surface area contributed by atoms with Gasteiger partial charge in [0.2, 0.25) is 5.43 Å². The molecular weight excluding hydrogens is 450 g/mol. The number of hydrogen-bond acceptors (Lipinski definition) is 6. The number of aryl methyl sites for hydroxylation is 2. The Morgan fingerprint density at radius 3 is 2.20 bits per heavy atom. The molecule has 35 heavy (non-hydrogen) atoms. The second-order valence-electron chi connectivity index (χ2n) is 8.64. The van der Waals surface area contributed by atoms with Crippen LogP contribution in [0.1, 0.15) is 57.5 Å². The van der Waals surface area contributed by atoms with E-state index in [2.05, 4.69) is 15.7 Å². The number of nitrogens with one attached hydrogen (secondary N) is 2. The summed E-state index contributed by atoms with van der Waals surface area (Å²) in [6.45, 7) is 7.54. The second kappa shape index (κ2) is 9.13. The summed E-state index contributed by atoms with van der Waals surface area (Å²) in [5.74, 6) is -3.22. The van der Waals surface area contributed by atoms with Gasteiger partial charge >= 0.3 is 0 Å². The first-order valence-corrected chi connectivity index (χ1v) is 11.2. The highest BCUT2D eigenvalue weighted by molar-refractivity contribution is 6.21. The molecule has 1 unspecified atom stereocenters. The SMILES string of the molecule is CCn1cc(C(=O)NC(C(=O)NN2C(=O)c3ccccc3C2=O)C(C)C)c(=O)c2ccc(C)nc21. The van der Waals surface area contributed by atoms with Gasteiger partial charge in [-0.2, -0.15) is 5.01 Å². The first kappa shape index (κ1) is 23.8. The number of carbonyl (C=O) groups excluding carboxylic acids is 4. The molecule has 1 aliphatic rings. The Morgan fingerprint density at radius 2 is 1.63 bits per heavy atom. The van der Waals surface area contributed by atoms with Gasteiger partial charge in [0.15, 0.2) is 0 Å². The average molecular weight is 476 g/mol. The number of hydrogen-bond donors (Lipinski definition) is 2. The first-order chi connectivity index (χ1) is 16.6. The molecule has 180 valence electrons. The van der Waals surface area contributed by atoms with E-state index in [1.807, 2.05) is 13.8 Å². The fraction of sp³-hybridized carbons (Fsp3) is 0.280. The maximum absolute atomic E-state index is 13.1. The van der Waals surface area contributed by atoms with Gasteiger partial charge in [-0.05, 0) is 44.0 Å². The van der Waals surface area contributed by atoms with Crippen LogP contribution in [0.25, 0.3) is 11.0 Å². The van der Waals surface area contributed by atoms with Gasteiger partial charge in [-0.3, -0.25) is 29.4 Å². The van der Waals surface area contributed by atoms with E-state index in [9.17, 15) is 24.0 Å². The fourth-order valence-electron chi connectivity index (χ4n) is 3.99. The van der Waals surface area contributed by atoms with Gasteiger partial charge in [0.1, 0.15) is 17.3 Å². The van der Waals surface area contributed by atoms with Crippen molar-refractivity contribution in [2.24, 2.45) is 5.92 Å². The van der Waals surface area contributed by atoms with Crippen molar-refractivity contribution >= 4 is 34.7 Å². The molecule has 2 N–H and O–H groups in total. The minimum atomic E-state index is -1.12. The third kappa shape index (κ3) is 4.18. The summed E-state index contributed by atoms with van der Waals surface area (Å²) in [7, 11) is 0. The first-order valence-electron chi connectivity index (χ1n) is 11.2. The van der Waals surface area contributed by atoms with Crippen LogP contribution in [-0.2, 0) is 11.3 Å². The van der Waals surface area contributed by atoms with Crippen LogP contribution in [0.3, 0.4) is 0 Å². The van der Waals surface area contributed by atoms with Crippen molar-refractivity contribution in [1.29, 1.82) is 0 Å². The standard InChI is InChI=1S/C25H25N5O5/c1-5-29-12-18(20(31)17-11-10-14(4)26-21(17)29)22(32)27-19(13(2)3)23(33)28-30-24(34)15-8-6-7-9-16(15)25(30)35/h6-13,19H,5H2,1-4H3,(H,27,32)(H,28,33). The van der Waals surface area contributed by atoms with E-state index in [1.165, 1.54) is 18.3 Å². The van der Waals surface area contributed by atoms with E-state index >= 15 is 0 Å². The molecule has 0 radical (unpaired) electrons. The highest BCUT2D eigenvalue weighted by Gasteiger charge is 2.38. The lowest BCUT2D eigenvalue weighted by Gasteiger charge is -2.24. The van der Waals surface area contributed by atoms with Gasteiger partial charge < -0.3 is 9.88 Å². The van der Waals surface area contributed by atoms with E-state index in [0.717, 1.165) is 5.69 Å². The second-order valence-corrected chi connectivity index (χ2v) is 8.64. The molecule has 0 aliphatic carbocycles. The molecule has 0 spiro atoms. The molecular formula is C25H25N5O5. The number of benzene rings is 1. The van der Waals surface area contributed by atoms with Crippen LogP contribution in [0, 0.1) is 12.8 Å². The molecule has 0 saturated heterocycles. The topological polar surface area (TPSA) is 130 Å². The van der Waals surface area contributed by atoms with Crippen molar-refractivity contribution in [3.63, 3.8) is 0 Å². The molecule has 10 heteroatoms. The number of fused-ring (bicyclic) bond motifs is 2. The van der Waals surface area contributed by atoms with E-state index in [4.69, 9.17) is 0 Å². The number of rotatable bonds is 6. The average Bonchev–Trinajstić information content (AvgIpc) is 3.07. The Hall–Kier alpha value is -4.34. The van der Waals surface area contributed by atoms with Gasteiger partial charge in [-0.15, -0.1) is 0 Å². The molecule has 4 amide bonds. The quantitative estimate of drug-likeness (QED) is 0.523. The summed E-state index contributed by atoms with van der Waals surface area (Å²) in [5.41, 5.74) is 3.26. The van der Waals surface area contributed by atoms with E-state index in [0.29, 0.717) is 22.6 Å². The predicted molar refractivity (Wildman–Crippen MR) is 128 cm³/mol. The molecule has 3 heterocycles. The molecule has 0 fully saturated rings. The van der Waals surface area contributed by atoms with Crippen molar-refractivity contribution in [3.8, 4) is 0 Å². The minimum absolute atomic E-state index is 0.135. The van der Waals surface area contributed by atoms with Crippen LogP contribution in [0.5, 0.6) is 0 Å². The number of hydrazine groups is 1. The third-order valence-corrected chi connectivity index (χ3v) is 5.90. The predicted octanol–water partition coefficient (Wildman–Crippen LogP) is 1.81. The molecule has 4 rings (SSSR count). The van der Waals surface area contributed by atoms with Crippen LogP contribution in [0.15, 0.2) is 47.4 Å². The van der Waals surface area contributed by atoms with Crippen molar-refractivity contribution in [2.45, 2.75) is 40.3 Å². The minimum Gasteiger partial charge on any atom is -0.340 e. The van der Waals surface area contributed by atoms with Crippen LogP contribution < -0.4 is 16.2 Å². The molecule has 1 atom stereocenters. The van der Waals surface area contributed by atoms with Gasteiger partial charge in [0, 0.05) is 18.4 Å². The zero-order chi connectivity index (χ0) is 25.4. The van der Waals surface area contributed by atoms with Crippen molar-refractivity contribution < 1.29 is 19.2 Å². The number of carbonyl (C=O) groups is 4. The Labute approximate surface area is 200 Å². The lowest BCUT2D eigenvalue weighted by molar-refractivity contribution is -0.127. The van der Waals surface area contributed by atoms with Crippen LogP contribution in [0.2, 0.25) is 0 Å². The van der Waals surface area contributed by atoms with E-state index in [-0.39, 0.29) is 16.7 Å². The molecule has 1 aliphatic heterocycles. The summed E-state index contributed by atoms with van der Waals surface area (Å²) in [6.07, 6.45) is 1.42. The number of nitrogens with zero attached hydrogens (tertiary/aromatic N) is 3. The smallest absolute Gasteiger partial charge is 0.280 e. The lowest BCUT2D eigenvalue weighted by Crippen LogP contribution is -2.56. The van der Waals surface area contributed by atoms with Gasteiger partial charge in [0.05, 0.1) is 16.5 Å². The van der Waals surface area contributed by atoms with E-state index in [1.54, 1.807) is 42.7 Å². The molecule has 0 bridgehead atoms.